The second-order valence-corrected chi connectivity index (χ2v) is 5.87. The van der Waals surface area contributed by atoms with Crippen molar-refractivity contribution >= 4 is 11.9 Å². The number of carbonyl (C=O) groups excluding carboxylic acids is 1. The van der Waals surface area contributed by atoms with Crippen LogP contribution in [0.1, 0.15) is 22.8 Å². The Kier molecular flexibility index (Phi) is 3.37. The number of esters is 1. The molecule has 23 heavy (non-hydrogen) atoms. The lowest BCUT2D eigenvalue weighted by Gasteiger charge is -2.31. The molecule has 0 spiro atoms. The Hall–Kier alpha value is -2.62. The van der Waals surface area contributed by atoms with Crippen LogP contribution < -0.4 is 0 Å². The van der Waals surface area contributed by atoms with E-state index < -0.39 is 6.04 Å². The molecule has 0 radical (unpaired) electrons. The van der Waals surface area contributed by atoms with Gasteiger partial charge in [0, 0.05) is 11.5 Å². The monoisotopic (exact) mass is 307 g/mol. The van der Waals surface area contributed by atoms with Gasteiger partial charge in [0.15, 0.2) is 6.04 Å². The van der Waals surface area contributed by atoms with Crippen molar-refractivity contribution in [1.82, 2.24) is 0 Å². The Labute approximate surface area is 134 Å². The molecule has 0 bridgehead atoms. The molecular formula is C19H17NO3. The number of rotatable bonds is 2. The van der Waals surface area contributed by atoms with Crippen molar-refractivity contribution in [3.63, 3.8) is 0 Å². The molecule has 0 aromatic heterocycles. The summed E-state index contributed by atoms with van der Waals surface area (Å²) in [6.45, 7) is 0. The highest BCUT2D eigenvalue weighted by molar-refractivity contribution is 5.96. The zero-order valence-electron chi connectivity index (χ0n) is 12.8. The predicted molar refractivity (Wildman–Crippen MR) is 86.2 cm³/mol. The second kappa shape index (κ2) is 5.54. The van der Waals surface area contributed by atoms with Crippen LogP contribution in [0.4, 0.5) is 0 Å². The SMILES string of the molecule is COC(=O)[C@@H]1N=C(c2ccccc2)O[C@H]2c3ccccc3C[C@@H]12. The van der Waals surface area contributed by atoms with Crippen molar-refractivity contribution in [2.45, 2.75) is 18.6 Å². The topological polar surface area (TPSA) is 47.9 Å². The first-order chi connectivity index (χ1) is 11.3. The van der Waals surface area contributed by atoms with Gasteiger partial charge in [-0.2, -0.15) is 0 Å². The van der Waals surface area contributed by atoms with E-state index >= 15 is 0 Å². The number of hydrogen-bond donors (Lipinski definition) is 0. The van der Waals surface area contributed by atoms with Gasteiger partial charge in [0.05, 0.1) is 7.11 Å². The summed E-state index contributed by atoms with van der Waals surface area (Å²) >= 11 is 0. The number of aliphatic imine (C=N–C) groups is 1. The molecule has 1 heterocycles. The van der Waals surface area contributed by atoms with Crippen LogP contribution in [-0.2, 0) is 20.7 Å². The maximum absolute atomic E-state index is 12.3. The van der Waals surface area contributed by atoms with E-state index in [2.05, 4.69) is 17.1 Å². The molecule has 0 N–H and O–H groups in total. The van der Waals surface area contributed by atoms with E-state index in [0.29, 0.717) is 5.90 Å². The maximum Gasteiger partial charge on any atom is 0.331 e. The number of methoxy groups -OCH3 is 1. The minimum Gasteiger partial charge on any atom is -0.469 e. The summed E-state index contributed by atoms with van der Waals surface area (Å²) in [4.78, 5) is 16.8. The van der Waals surface area contributed by atoms with Crippen molar-refractivity contribution in [2.24, 2.45) is 10.9 Å². The quantitative estimate of drug-likeness (QED) is 0.802. The van der Waals surface area contributed by atoms with Crippen molar-refractivity contribution in [3.8, 4) is 0 Å². The van der Waals surface area contributed by atoms with Crippen LogP contribution in [0.5, 0.6) is 0 Å². The van der Waals surface area contributed by atoms with E-state index in [1.54, 1.807) is 0 Å². The summed E-state index contributed by atoms with van der Waals surface area (Å²) in [5, 5.41) is 0. The van der Waals surface area contributed by atoms with E-state index in [0.717, 1.165) is 17.5 Å². The summed E-state index contributed by atoms with van der Waals surface area (Å²) in [6, 6.07) is 17.3. The van der Waals surface area contributed by atoms with Crippen LogP contribution in [-0.4, -0.2) is 25.0 Å². The van der Waals surface area contributed by atoms with E-state index in [-0.39, 0.29) is 18.0 Å². The number of fused-ring (bicyclic) bond motifs is 3. The van der Waals surface area contributed by atoms with E-state index in [9.17, 15) is 4.79 Å². The van der Waals surface area contributed by atoms with Gasteiger partial charge >= 0.3 is 5.97 Å². The minimum absolute atomic E-state index is 0.00712. The van der Waals surface area contributed by atoms with Crippen molar-refractivity contribution in [1.29, 1.82) is 0 Å². The lowest BCUT2D eigenvalue weighted by molar-refractivity contribution is -0.145. The van der Waals surface area contributed by atoms with Gasteiger partial charge < -0.3 is 9.47 Å². The van der Waals surface area contributed by atoms with E-state index in [1.807, 2.05) is 42.5 Å². The number of ether oxygens (including phenoxy) is 2. The number of hydrogen-bond acceptors (Lipinski definition) is 4. The molecule has 4 rings (SSSR count). The number of carbonyl (C=O) groups is 1. The second-order valence-electron chi connectivity index (χ2n) is 5.87. The van der Waals surface area contributed by atoms with Crippen LogP contribution in [0.15, 0.2) is 59.6 Å². The molecule has 4 heteroatoms. The minimum atomic E-state index is -0.527. The Morgan fingerprint density at radius 2 is 1.87 bits per heavy atom. The Bertz CT molecular complexity index is 769. The van der Waals surface area contributed by atoms with Gasteiger partial charge in [0.2, 0.25) is 5.90 Å². The molecule has 0 amide bonds. The zero-order valence-corrected chi connectivity index (χ0v) is 12.8. The number of benzene rings is 2. The van der Waals surface area contributed by atoms with Crippen LogP contribution >= 0.6 is 0 Å². The molecule has 4 nitrogen and oxygen atoms in total. The van der Waals surface area contributed by atoms with E-state index in [1.165, 1.54) is 12.7 Å². The summed E-state index contributed by atoms with van der Waals surface area (Å²) < 4.78 is 11.2. The zero-order chi connectivity index (χ0) is 15.8. The van der Waals surface area contributed by atoms with Gasteiger partial charge in [0.25, 0.3) is 0 Å². The molecule has 3 atom stereocenters. The molecule has 2 aliphatic rings. The Morgan fingerprint density at radius 1 is 1.13 bits per heavy atom. The highest BCUT2D eigenvalue weighted by Crippen LogP contribution is 2.44. The summed E-state index contributed by atoms with van der Waals surface area (Å²) in [5.74, 6) is 0.204. The van der Waals surface area contributed by atoms with Gasteiger partial charge in [-0.3, -0.25) is 0 Å². The van der Waals surface area contributed by atoms with Crippen LogP contribution in [0.25, 0.3) is 0 Å². The predicted octanol–water partition coefficient (Wildman–Crippen LogP) is 2.92. The molecule has 0 unspecified atom stereocenters. The average Bonchev–Trinajstić information content (AvgIpc) is 2.99. The van der Waals surface area contributed by atoms with Gasteiger partial charge in [-0.05, 0) is 29.7 Å². The normalized spacial score (nSPS) is 24.9. The number of nitrogens with zero attached hydrogens (tertiary/aromatic N) is 1. The average molecular weight is 307 g/mol. The third kappa shape index (κ3) is 2.31. The van der Waals surface area contributed by atoms with Crippen LogP contribution in [0.2, 0.25) is 0 Å². The third-order valence-corrected chi connectivity index (χ3v) is 4.57. The smallest absolute Gasteiger partial charge is 0.331 e. The largest absolute Gasteiger partial charge is 0.469 e. The van der Waals surface area contributed by atoms with Crippen molar-refractivity contribution in [3.05, 3.63) is 71.3 Å². The van der Waals surface area contributed by atoms with Gasteiger partial charge in [0.1, 0.15) is 6.10 Å². The Balaban J connectivity index is 1.78. The van der Waals surface area contributed by atoms with Crippen molar-refractivity contribution < 1.29 is 14.3 Å². The molecule has 2 aromatic carbocycles. The standard InChI is InChI=1S/C19H17NO3/c1-22-19(21)16-15-11-13-9-5-6-10-14(13)17(15)23-18(20-16)12-7-3-2-4-8-12/h2-10,15-17H,11H2,1H3/t15-,16+,17-/m0/s1. The van der Waals surface area contributed by atoms with Gasteiger partial charge in [-0.25, -0.2) is 9.79 Å². The Morgan fingerprint density at radius 3 is 2.65 bits per heavy atom. The van der Waals surface area contributed by atoms with Gasteiger partial charge in [-0.1, -0.05) is 42.5 Å². The van der Waals surface area contributed by atoms with E-state index in [4.69, 9.17) is 9.47 Å². The molecular weight excluding hydrogens is 290 g/mol. The summed E-state index contributed by atoms with van der Waals surface area (Å²) in [7, 11) is 1.41. The van der Waals surface area contributed by atoms with Crippen LogP contribution in [0, 0.1) is 5.92 Å². The molecule has 0 saturated heterocycles. The lowest BCUT2D eigenvalue weighted by Crippen LogP contribution is -2.38. The highest BCUT2D eigenvalue weighted by Gasteiger charge is 2.46. The van der Waals surface area contributed by atoms with Crippen LogP contribution in [0.3, 0.4) is 0 Å². The first-order valence-electron chi connectivity index (χ1n) is 7.73. The van der Waals surface area contributed by atoms with Gasteiger partial charge in [-0.15, -0.1) is 0 Å². The first-order valence-corrected chi connectivity index (χ1v) is 7.73. The molecule has 0 fully saturated rings. The molecule has 1 aliphatic heterocycles. The summed E-state index contributed by atoms with van der Waals surface area (Å²) in [5.41, 5.74) is 3.25. The fourth-order valence-corrected chi connectivity index (χ4v) is 3.46. The lowest BCUT2D eigenvalue weighted by atomic mass is 9.93. The molecule has 1 aliphatic carbocycles. The third-order valence-electron chi connectivity index (χ3n) is 4.57. The molecule has 116 valence electrons. The summed E-state index contributed by atoms with van der Waals surface area (Å²) in [6.07, 6.45) is 0.634. The molecule has 2 aromatic rings. The van der Waals surface area contributed by atoms with Crippen molar-refractivity contribution in [2.75, 3.05) is 7.11 Å². The fourth-order valence-electron chi connectivity index (χ4n) is 3.46. The highest BCUT2D eigenvalue weighted by atomic mass is 16.5. The maximum atomic E-state index is 12.3. The fraction of sp³-hybridized carbons (Fsp3) is 0.263. The molecule has 0 saturated carbocycles. The first kappa shape index (κ1) is 14.0.